The summed E-state index contributed by atoms with van der Waals surface area (Å²) in [5.41, 5.74) is 0. The van der Waals surface area contributed by atoms with Gasteiger partial charge in [-0.05, 0) is 0 Å². The van der Waals surface area contributed by atoms with E-state index in [1.165, 1.54) is 0 Å². The minimum atomic E-state index is 0. The van der Waals surface area contributed by atoms with Crippen LogP contribution in [-0.2, 0) is 0 Å². The maximum atomic E-state index is 3.96. The summed E-state index contributed by atoms with van der Waals surface area (Å²) in [6, 6.07) is 0. The van der Waals surface area contributed by atoms with E-state index in [-0.39, 0.29) is 29.6 Å². The third kappa shape index (κ3) is 2.58. The molecule has 0 aromatic carbocycles. The summed E-state index contributed by atoms with van der Waals surface area (Å²) in [6.45, 7) is 0. The zero-order valence-corrected chi connectivity index (χ0v) is 6.21. The average Bonchev–Trinajstić information content (AvgIpc) is 1.87. The Morgan fingerprint density at radius 2 is 2.38 bits per heavy atom. The van der Waals surface area contributed by atoms with Gasteiger partial charge in [0, 0.05) is 0 Å². The van der Waals surface area contributed by atoms with Crippen molar-refractivity contribution in [3.63, 3.8) is 0 Å². The van der Waals surface area contributed by atoms with Crippen LogP contribution in [0.5, 0.6) is 0 Å². The third-order valence-corrected chi connectivity index (χ3v) is 1.25. The van der Waals surface area contributed by atoms with Gasteiger partial charge < -0.3 is 0 Å². The van der Waals surface area contributed by atoms with Gasteiger partial charge in [0.15, 0.2) is 0 Å². The number of aromatic nitrogens is 2. The molecule has 0 N–H and O–H groups in total. The van der Waals surface area contributed by atoms with Crippen LogP contribution in [0.3, 0.4) is 0 Å². The summed E-state index contributed by atoms with van der Waals surface area (Å²) in [7, 11) is 0. The number of hydrogen-bond acceptors (Lipinski definition) is 2. The summed E-state index contributed by atoms with van der Waals surface area (Å²) >= 11 is 6.28. The second-order valence-corrected chi connectivity index (χ2v) is 2.54. The number of imidazole rings is 1. The van der Waals surface area contributed by atoms with E-state index in [1.807, 2.05) is 6.20 Å². The van der Waals surface area contributed by atoms with E-state index in [0.717, 1.165) is 5.03 Å². The molecule has 0 unspecified atom stereocenters. The van der Waals surface area contributed by atoms with Gasteiger partial charge in [0.25, 0.3) is 0 Å². The van der Waals surface area contributed by atoms with Crippen LogP contribution in [0.2, 0.25) is 0 Å². The molecule has 0 aliphatic heterocycles. The van der Waals surface area contributed by atoms with Crippen LogP contribution in [-0.4, -0.2) is 54.4 Å². The van der Waals surface area contributed by atoms with Gasteiger partial charge >= 0.3 is 84.5 Å². The van der Waals surface area contributed by atoms with Gasteiger partial charge in [-0.25, -0.2) is 0 Å². The van der Waals surface area contributed by atoms with Crippen molar-refractivity contribution in [2.45, 2.75) is 5.03 Å². The van der Waals surface area contributed by atoms with Crippen molar-refractivity contribution in [1.29, 1.82) is 0 Å². The van der Waals surface area contributed by atoms with Gasteiger partial charge in [-0.1, -0.05) is 0 Å². The molecule has 40 valence electrons. The molecule has 1 aromatic heterocycles. The molecule has 5 heteroatoms. The molecule has 1 rings (SSSR count). The van der Waals surface area contributed by atoms with E-state index < -0.39 is 0 Å². The molecule has 1 heterocycles. The molecule has 0 amide bonds. The summed E-state index contributed by atoms with van der Waals surface area (Å²) in [4.78, 5) is 3.83. The first-order chi connectivity index (χ1) is 3.29. The van der Waals surface area contributed by atoms with Crippen molar-refractivity contribution in [3.05, 3.63) is 12.5 Å². The third-order valence-electron chi connectivity index (χ3n) is 0.556. The van der Waals surface area contributed by atoms with E-state index in [9.17, 15) is 0 Å². The molecule has 0 aliphatic rings. The Kier molecular flexibility index (Phi) is 4.52. The molecule has 8 heavy (non-hydrogen) atoms. The Bertz CT molecular complexity index is 150. The number of hydrogen-bond donors (Lipinski definition) is 1. The van der Waals surface area contributed by atoms with Crippen molar-refractivity contribution in [3.8, 4) is 0 Å². The topological polar surface area (TPSA) is 17.8 Å². The Balaban J connectivity index is 0.000000490. The first kappa shape index (κ1) is 9.08. The van der Waals surface area contributed by atoms with Crippen LogP contribution in [0.15, 0.2) is 17.6 Å². The van der Waals surface area contributed by atoms with Gasteiger partial charge in [0.1, 0.15) is 0 Å². The summed E-state index contributed by atoms with van der Waals surface area (Å²) < 4.78 is 1.79. The second kappa shape index (κ2) is 3.99. The molecule has 0 spiro atoms. The van der Waals surface area contributed by atoms with Crippen LogP contribution in [0.4, 0.5) is 0 Å². The number of nitrogens with zero attached hydrogens (tertiary/aromatic N) is 2. The van der Waals surface area contributed by atoms with Gasteiger partial charge in [-0.3, -0.25) is 0 Å². The molecule has 0 saturated heterocycles. The molecule has 0 saturated carbocycles. The minimum absolute atomic E-state index is 0. The van der Waals surface area contributed by atoms with E-state index in [0.29, 0.717) is 0 Å². The fourth-order valence-corrected chi connectivity index (χ4v) is 1.01. The van der Waals surface area contributed by atoms with E-state index in [2.05, 4.69) is 33.8 Å². The molecule has 0 fully saturated rings. The number of rotatable bonds is 0. The van der Waals surface area contributed by atoms with Crippen molar-refractivity contribution < 1.29 is 0 Å². The Morgan fingerprint density at radius 1 is 1.75 bits per heavy atom. The number of thiol groups is 1. The van der Waals surface area contributed by atoms with Crippen LogP contribution >= 0.6 is 12.6 Å². The predicted octanol–water partition coefficient (Wildman–Crippen LogP) is -0.813. The quantitative estimate of drug-likeness (QED) is 0.431. The Hall–Kier alpha value is 1.08. The van der Waals surface area contributed by atoms with Crippen LogP contribution < -0.4 is 0 Å². The second-order valence-electron chi connectivity index (χ2n) is 1.11. The van der Waals surface area contributed by atoms with Crippen molar-refractivity contribution in [1.82, 2.24) is 8.57 Å². The normalized spacial score (nSPS) is 8.25. The van der Waals surface area contributed by atoms with Crippen molar-refractivity contribution >= 4 is 58.4 Å². The fraction of sp³-hybridized carbons (Fsp3) is 0. The van der Waals surface area contributed by atoms with E-state index in [4.69, 9.17) is 0 Å². The van der Waals surface area contributed by atoms with Crippen LogP contribution in [0.1, 0.15) is 0 Å². The first-order valence-corrected chi connectivity index (χ1v) is 3.00. The zero-order chi connectivity index (χ0) is 5.28. The molecule has 0 aliphatic carbocycles. The molecule has 2 nitrogen and oxygen atoms in total. The Morgan fingerprint density at radius 3 is 2.50 bits per heavy atom. The molecular weight excluding hydrogens is 198 g/mol. The van der Waals surface area contributed by atoms with Crippen molar-refractivity contribution in [2.75, 3.05) is 0 Å². The summed E-state index contributed by atoms with van der Waals surface area (Å²) in [5.74, 6) is 0. The standard InChI is InChI=1S/C3H4N2SSe.Na.H/c6-3-1-5(7)2-4-3;;/h1-2,6-7H;;. The average molecular weight is 203 g/mol. The van der Waals surface area contributed by atoms with Crippen LogP contribution in [0, 0.1) is 0 Å². The monoisotopic (exact) mass is 204 g/mol. The van der Waals surface area contributed by atoms with Gasteiger partial charge in [-0.15, -0.1) is 0 Å². The summed E-state index contributed by atoms with van der Waals surface area (Å²) in [5, 5.41) is 0.751. The molecule has 0 radical (unpaired) electrons. The molecule has 1 aromatic rings. The first-order valence-electron chi connectivity index (χ1n) is 1.71. The SMILES string of the molecule is Sc1cn([SeH])cn1.[NaH]. The Labute approximate surface area is 83.8 Å². The molecular formula is C3H5N2NaSSe. The van der Waals surface area contributed by atoms with Gasteiger partial charge in [-0.2, -0.15) is 0 Å². The maximum absolute atomic E-state index is 3.96. The molecule has 0 bridgehead atoms. The summed E-state index contributed by atoms with van der Waals surface area (Å²) in [6.07, 6.45) is 3.49. The predicted molar refractivity (Wildman–Crippen MR) is 39.2 cm³/mol. The molecule has 0 atom stereocenters. The zero-order valence-electron chi connectivity index (χ0n) is 3.44. The van der Waals surface area contributed by atoms with Crippen LogP contribution in [0.25, 0.3) is 0 Å². The van der Waals surface area contributed by atoms with E-state index in [1.54, 1.807) is 9.91 Å². The van der Waals surface area contributed by atoms with Gasteiger partial charge in [0.2, 0.25) is 0 Å². The van der Waals surface area contributed by atoms with E-state index >= 15 is 0 Å². The van der Waals surface area contributed by atoms with Gasteiger partial charge in [0.05, 0.1) is 0 Å². The fourth-order valence-electron chi connectivity index (χ4n) is 0.303. The van der Waals surface area contributed by atoms with Crippen molar-refractivity contribution in [2.24, 2.45) is 0 Å².